The SMILES string of the molecule is CCOC(=O)C[C@H](NC(=O)OC(C)(C)C)C(C)C. The van der Waals surface area contributed by atoms with Gasteiger partial charge in [-0.05, 0) is 33.6 Å². The molecule has 0 spiro atoms. The van der Waals surface area contributed by atoms with Crippen molar-refractivity contribution in [3.8, 4) is 0 Å². The topological polar surface area (TPSA) is 64.6 Å². The highest BCUT2D eigenvalue weighted by Gasteiger charge is 2.23. The van der Waals surface area contributed by atoms with E-state index in [1.807, 2.05) is 13.8 Å². The van der Waals surface area contributed by atoms with Crippen LogP contribution in [0.5, 0.6) is 0 Å². The second kappa shape index (κ2) is 7.24. The molecule has 5 heteroatoms. The molecule has 18 heavy (non-hydrogen) atoms. The largest absolute Gasteiger partial charge is 0.466 e. The summed E-state index contributed by atoms with van der Waals surface area (Å²) in [6.45, 7) is 11.3. The average molecular weight is 259 g/mol. The number of carbonyl (C=O) groups excluding carboxylic acids is 2. The molecule has 0 aliphatic carbocycles. The van der Waals surface area contributed by atoms with Crippen molar-refractivity contribution in [2.75, 3.05) is 6.61 Å². The maximum atomic E-state index is 11.6. The van der Waals surface area contributed by atoms with E-state index in [0.29, 0.717) is 6.61 Å². The van der Waals surface area contributed by atoms with Crippen molar-refractivity contribution >= 4 is 12.1 Å². The molecule has 0 aliphatic heterocycles. The lowest BCUT2D eigenvalue weighted by atomic mass is 10.0. The minimum Gasteiger partial charge on any atom is -0.466 e. The van der Waals surface area contributed by atoms with Gasteiger partial charge in [-0.15, -0.1) is 0 Å². The molecule has 0 radical (unpaired) electrons. The van der Waals surface area contributed by atoms with Crippen molar-refractivity contribution < 1.29 is 19.1 Å². The summed E-state index contributed by atoms with van der Waals surface area (Å²) in [7, 11) is 0. The molecule has 0 bridgehead atoms. The van der Waals surface area contributed by atoms with Crippen molar-refractivity contribution in [3.05, 3.63) is 0 Å². The van der Waals surface area contributed by atoms with Gasteiger partial charge in [0, 0.05) is 6.04 Å². The molecule has 0 aromatic heterocycles. The zero-order valence-electron chi connectivity index (χ0n) is 12.2. The van der Waals surface area contributed by atoms with Gasteiger partial charge in [-0.3, -0.25) is 4.79 Å². The summed E-state index contributed by atoms with van der Waals surface area (Å²) in [5.74, 6) is -0.186. The minimum absolute atomic E-state index is 0.127. The fourth-order valence-electron chi connectivity index (χ4n) is 1.31. The van der Waals surface area contributed by atoms with Crippen LogP contribution in [0.4, 0.5) is 4.79 Å². The standard InChI is InChI=1S/C13H25NO4/c1-7-17-11(15)8-10(9(2)3)14-12(16)18-13(4,5)6/h9-10H,7-8H2,1-6H3,(H,14,16)/t10-/m0/s1. The van der Waals surface area contributed by atoms with Gasteiger partial charge in [-0.2, -0.15) is 0 Å². The van der Waals surface area contributed by atoms with E-state index in [0.717, 1.165) is 0 Å². The van der Waals surface area contributed by atoms with Crippen LogP contribution in [-0.2, 0) is 14.3 Å². The Kier molecular flexibility index (Phi) is 6.73. The van der Waals surface area contributed by atoms with Gasteiger partial charge >= 0.3 is 12.1 Å². The smallest absolute Gasteiger partial charge is 0.407 e. The van der Waals surface area contributed by atoms with E-state index in [-0.39, 0.29) is 24.3 Å². The highest BCUT2D eigenvalue weighted by Crippen LogP contribution is 2.11. The summed E-state index contributed by atoms with van der Waals surface area (Å²) in [5.41, 5.74) is -0.546. The molecule has 0 saturated carbocycles. The van der Waals surface area contributed by atoms with Crippen molar-refractivity contribution in [2.45, 2.75) is 59.6 Å². The predicted octanol–water partition coefficient (Wildman–Crippen LogP) is 2.49. The van der Waals surface area contributed by atoms with Crippen molar-refractivity contribution in [1.29, 1.82) is 0 Å². The summed E-state index contributed by atoms with van der Waals surface area (Å²) >= 11 is 0. The van der Waals surface area contributed by atoms with Gasteiger partial charge in [0.15, 0.2) is 0 Å². The zero-order valence-corrected chi connectivity index (χ0v) is 12.2. The molecule has 106 valence electrons. The Balaban J connectivity index is 4.36. The van der Waals surface area contributed by atoms with Crippen molar-refractivity contribution in [3.63, 3.8) is 0 Å². The molecule has 0 aromatic carbocycles. The average Bonchev–Trinajstić information content (AvgIpc) is 2.13. The fourth-order valence-corrected chi connectivity index (χ4v) is 1.31. The summed E-state index contributed by atoms with van der Waals surface area (Å²) in [6.07, 6.45) is -0.351. The quantitative estimate of drug-likeness (QED) is 0.770. The highest BCUT2D eigenvalue weighted by molar-refractivity contribution is 5.73. The van der Waals surface area contributed by atoms with Crippen LogP contribution in [0.3, 0.4) is 0 Å². The van der Waals surface area contributed by atoms with E-state index >= 15 is 0 Å². The monoisotopic (exact) mass is 259 g/mol. The molecule has 1 N–H and O–H groups in total. The van der Waals surface area contributed by atoms with Crippen LogP contribution in [-0.4, -0.2) is 30.3 Å². The van der Waals surface area contributed by atoms with Crippen LogP contribution in [0.1, 0.15) is 48.0 Å². The molecular weight excluding hydrogens is 234 g/mol. The number of esters is 1. The van der Waals surface area contributed by atoms with Gasteiger partial charge < -0.3 is 14.8 Å². The molecule has 0 saturated heterocycles. The molecule has 0 fully saturated rings. The number of hydrogen-bond donors (Lipinski definition) is 1. The Morgan fingerprint density at radius 3 is 2.17 bits per heavy atom. The van der Waals surface area contributed by atoms with Crippen LogP contribution in [0.2, 0.25) is 0 Å². The Morgan fingerprint density at radius 2 is 1.78 bits per heavy atom. The van der Waals surface area contributed by atoms with Gasteiger partial charge in [0.1, 0.15) is 5.60 Å². The molecule has 0 unspecified atom stereocenters. The summed E-state index contributed by atoms with van der Waals surface area (Å²) in [4.78, 5) is 23.0. The van der Waals surface area contributed by atoms with Crippen molar-refractivity contribution in [2.24, 2.45) is 5.92 Å². The normalized spacial score (nSPS) is 13.1. The van der Waals surface area contributed by atoms with Crippen LogP contribution in [0.25, 0.3) is 0 Å². The molecule has 0 aromatic rings. The number of carbonyl (C=O) groups is 2. The number of amides is 1. The minimum atomic E-state index is -0.546. The summed E-state index contributed by atoms with van der Waals surface area (Å²) in [5, 5.41) is 2.70. The van der Waals surface area contributed by atoms with E-state index < -0.39 is 11.7 Å². The number of alkyl carbamates (subject to hydrolysis) is 1. The Labute approximate surface area is 109 Å². The summed E-state index contributed by atoms with van der Waals surface area (Å²) in [6, 6.07) is -0.279. The lowest BCUT2D eigenvalue weighted by Gasteiger charge is -2.25. The number of ether oxygens (including phenoxy) is 2. The van der Waals surface area contributed by atoms with Crippen LogP contribution >= 0.6 is 0 Å². The maximum Gasteiger partial charge on any atom is 0.407 e. The second-order valence-electron chi connectivity index (χ2n) is 5.51. The van der Waals surface area contributed by atoms with Crippen LogP contribution < -0.4 is 5.32 Å². The maximum absolute atomic E-state index is 11.6. The van der Waals surface area contributed by atoms with Crippen LogP contribution in [0, 0.1) is 5.92 Å². The molecule has 1 atom stereocenters. The van der Waals surface area contributed by atoms with E-state index in [2.05, 4.69) is 5.32 Å². The van der Waals surface area contributed by atoms with Crippen LogP contribution in [0.15, 0.2) is 0 Å². The molecule has 1 amide bonds. The molecule has 5 nitrogen and oxygen atoms in total. The highest BCUT2D eigenvalue weighted by atomic mass is 16.6. The predicted molar refractivity (Wildman–Crippen MR) is 69.2 cm³/mol. The number of hydrogen-bond acceptors (Lipinski definition) is 4. The van der Waals surface area contributed by atoms with Gasteiger partial charge in [0.2, 0.25) is 0 Å². The first-order chi connectivity index (χ1) is 8.15. The van der Waals surface area contributed by atoms with Gasteiger partial charge in [0.05, 0.1) is 13.0 Å². The molecule has 0 aliphatic rings. The van der Waals surface area contributed by atoms with Gasteiger partial charge in [0.25, 0.3) is 0 Å². The third-order valence-corrected chi connectivity index (χ3v) is 2.20. The first-order valence-electron chi connectivity index (χ1n) is 6.30. The fraction of sp³-hybridized carbons (Fsp3) is 0.846. The Hall–Kier alpha value is -1.26. The van der Waals surface area contributed by atoms with Gasteiger partial charge in [-0.25, -0.2) is 4.79 Å². The zero-order chi connectivity index (χ0) is 14.3. The van der Waals surface area contributed by atoms with E-state index in [9.17, 15) is 9.59 Å². The Morgan fingerprint density at radius 1 is 1.22 bits per heavy atom. The third-order valence-electron chi connectivity index (χ3n) is 2.20. The van der Waals surface area contributed by atoms with E-state index in [1.54, 1.807) is 27.7 Å². The first-order valence-corrected chi connectivity index (χ1v) is 6.30. The lowest BCUT2D eigenvalue weighted by Crippen LogP contribution is -2.43. The van der Waals surface area contributed by atoms with E-state index in [1.165, 1.54) is 0 Å². The molecule has 0 rings (SSSR count). The second-order valence-corrected chi connectivity index (χ2v) is 5.51. The number of nitrogens with one attached hydrogen (secondary N) is 1. The number of rotatable bonds is 5. The lowest BCUT2D eigenvalue weighted by molar-refractivity contribution is -0.143. The Bertz CT molecular complexity index is 281. The molecule has 0 heterocycles. The van der Waals surface area contributed by atoms with Crippen molar-refractivity contribution in [1.82, 2.24) is 5.32 Å². The summed E-state index contributed by atoms with van der Waals surface area (Å²) < 4.78 is 10.0. The third kappa shape index (κ3) is 7.92. The molecular formula is C13H25NO4. The van der Waals surface area contributed by atoms with Gasteiger partial charge in [-0.1, -0.05) is 13.8 Å². The first kappa shape index (κ1) is 16.7. The van der Waals surface area contributed by atoms with E-state index in [4.69, 9.17) is 9.47 Å².